The summed E-state index contributed by atoms with van der Waals surface area (Å²) in [7, 11) is 4.63. The number of methoxy groups -OCH3 is 3. The van der Waals surface area contributed by atoms with Gasteiger partial charge < -0.3 is 24.3 Å². The van der Waals surface area contributed by atoms with E-state index in [0.717, 1.165) is 5.56 Å². The summed E-state index contributed by atoms with van der Waals surface area (Å²) in [5.41, 5.74) is -0.0122. The first-order chi connectivity index (χ1) is 16.9. The van der Waals surface area contributed by atoms with Gasteiger partial charge in [-0.25, -0.2) is 0 Å². The molecule has 0 aliphatic carbocycles. The van der Waals surface area contributed by atoms with Crippen LogP contribution in [0.2, 0.25) is 5.02 Å². The Hall–Kier alpha value is -3.41. The SMILES string of the molecule is CC#CC(=O)N(c1ccc(OC)c(Cl)c1)C1(C(=O)NCc2ccc(OC)cc2OC)CCOCC1. The van der Waals surface area contributed by atoms with E-state index in [-0.39, 0.29) is 12.5 Å². The van der Waals surface area contributed by atoms with E-state index < -0.39 is 11.4 Å². The zero-order chi connectivity index (χ0) is 25.4. The van der Waals surface area contributed by atoms with Crippen LogP contribution in [0.5, 0.6) is 17.2 Å². The van der Waals surface area contributed by atoms with Gasteiger partial charge in [-0.2, -0.15) is 0 Å². The van der Waals surface area contributed by atoms with E-state index in [1.54, 1.807) is 51.5 Å². The van der Waals surface area contributed by atoms with E-state index in [1.807, 2.05) is 6.07 Å². The van der Waals surface area contributed by atoms with E-state index in [2.05, 4.69) is 17.2 Å². The number of nitrogens with one attached hydrogen (secondary N) is 1. The monoisotopic (exact) mass is 500 g/mol. The van der Waals surface area contributed by atoms with E-state index in [1.165, 1.54) is 12.0 Å². The average molecular weight is 501 g/mol. The average Bonchev–Trinajstić information content (AvgIpc) is 2.88. The summed E-state index contributed by atoms with van der Waals surface area (Å²) in [6.07, 6.45) is 0.582. The van der Waals surface area contributed by atoms with E-state index in [4.69, 9.17) is 30.5 Å². The van der Waals surface area contributed by atoms with Crippen LogP contribution in [0.4, 0.5) is 5.69 Å². The molecule has 0 atom stereocenters. The Balaban J connectivity index is 2.00. The number of hydrogen-bond donors (Lipinski definition) is 1. The third-order valence-electron chi connectivity index (χ3n) is 5.93. The fourth-order valence-electron chi connectivity index (χ4n) is 4.12. The molecule has 9 heteroatoms. The van der Waals surface area contributed by atoms with Crippen molar-refractivity contribution in [3.05, 3.63) is 47.0 Å². The molecule has 1 saturated heterocycles. The van der Waals surface area contributed by atoms with Gasteiger partial charge in [0.15, 0.2) is 0 Å². The van der Waals surface area contributed by atoms with Crippen LogP contribution in [0.3, 0.4) is 0 Å². The molecule has 0 spiro atoms. The van der Waals surface area contributed by atoms with Gasteiger partial charge in [0, 0.05) is 49.9 Å². The highest BCUT2D eigenvalue weighted by Gasteiger charge is 2.48. The largest absolute Gasteiger partial charge is 0.497 e. The number of ether oxygens (including phenoxy) is 4. The smallest absolute Gasteiger partial charge is 0.303 e. The summed E-state index contributed by atoms with van der Waals surface area (Å²) in [4.78, 5) is 28.5. The molecular weight excluding hydrogens is 472 g/mol. The third kappa shape index (κ3) is 5.64. The molecule has 1 N–H and O–H groups in total. The zero-order valence-electron chi connectivity index (χ0n) is 20.3. The van der Waals surface area contributed by atoms with Crippen molar-refractivity contribution in [2.45, 2.75) is 31.8 Å². The van der Waals surface area contributed by atoms with Crippen molar-refractivity contribution in [2.75, 3.05) is 39.4 Å². The van der Waals surface area contributed by atoms with Gasteiger partial charge in [0.05, 0.1) is 26.4 Å². The number of carbonyl (C=O) groups excluding carboxylic acids is 2. The summed E-state index contributed by atoms with van der Waals surface area (Å²) in [5.74, 6) is 6.08. The quantitative estimate of drug-likeness (QED) is 0.557. The minimum atomic E-state index is -1.23. The van der Waals surface area contributed by atoms with Gasteiger partial charge in [0.1, 0.15) is 22.8 Å². The number of benzene rings is 2. The lowest BCUT2D eigenvalue weighted by Gasteiger charge is -2.44. The van der Waals surface area contributed by atoms with E-state index in [9.17, 15) is 9.59 Å². The molecule has 2 aromatic rings. The molecule has 0 unspecified atom stereocenters. The van der Waals surface area contributed by atoms with Crippen molar-refractivity contribution >= 4 is 29.1 Å². The normalized spacial score (nSPS) is 14.2. The molecule has 3 rings (SSSR count). The standard InChI is InChI=1S/C26H29ClN2O6/c1-5-6-24(30)29(19-8-10-22(33-3)21(27)15-19)26(11-13-35-14-12-26)25(31)28-17-18-7-9-20(32-2)16-23(18)34-4/h7-10,15-16H,11-14,17H2,1-4H3,(H,28,31). The lowest BCUT2D eigenvalue weighted by atomic mass is 9.85. The second-order valence-electron chi connectivity index (χ2n) is 7.84. The molecule has 186 valence electrons. The van der Waals surface area contributed by atoms with Crippen molar-refractivity contribution in [2.24, 2.45) is 0 Å². The van der Waals surface area contributed by atoms with Crippen LogP contribution in [-0.2, 0) is 20.9 Å². The highest BCUT2D eigenvalue weighted by atomic mass is 35.5. The van der Waals surface area contributed by atoms with Crippen molar-refractivity contribution < 1.29 is 28.5 Å². The maximum Gasteiger partial charge on any atom is 0.303 e. The highest BCUT2D eigenvalue weighted by molar-refractivity contribution is 6.32. The first-order valence-corrected chi connectivity index (χ1v) is 11.5. The van der Waals surface area contributed by atoms with Crippen LogP contribution < -0.4 is 24.4 Å². The van der Waals surface area contributed by atoms with Gasteiger partial charge in [-0.3, -0.25) is 14.5 Å². The number of carbonyl (C=O) groups is 2. The molecule has 0 radical (unpaired) electrons. The Morgan fingerprint density at radius 1 is 1.06 bits per heavy atom. The molecule has 2 aromatic carbocycles. The van der Waals surface area contributed by atoms with Crippen molar-refractivity contribution in [3.8, 4) is 29.1 Å². The predicted molar refractivity (Wildman–Crippen MR) is 133 cm³/mol. The highest BCUT2D eigenvalue weighted by Crippen LogP contribution is 2.37. The summed E-state index contributed by atoms with van der Waals surface area (Å²) in [6.45, 7) is 2.39. The summed E-state index contributed by atoms with van der Waals surface area (Å²) >= 11 is 6.37. The van der Waals surface area contributed by atoms with E-state index >= 15 is 0 Å². The predicted octanol–water partition coefficient (Wildman–Crippen LogP) is 3.59. The first kappa shape index (κ1) is 26.2. The van der Waals surface area contributed by atoms with Crippen LogP contribution in [-0.4, -0.2) is 51.9 Å². The number of nitrogens with zero attached hydrogens (tertiary/aromatic N) is 1. The topological polar surface area (TPSA) is 86.3 Å². The second-order valence-corrected chi connectivity index (χ2v) is 8.25. The molecule has 1 aliphatic heterocycles. The molecule has 0 saturated carbocycles. The van der Waals surface area contributed by atoms with Crippen molar-refractivity contribution in [3.63, 3.8) is 0 Å². The van der Waals surface area contributed by atoms with Gasteiger partial charge in [-0.1, -0.05) is 17.5 Å². The molecule has 2 amide bonds. The van der Waals surface area contributed by atoms with Crippen LogP contribution in [0.25, 0.3) is 0 Å². The number of hydrogen-bond acceptors (Lipinski definition) is 6. The Labute approximate surface area is 210 Å². The lowest BCUT2D eigenvalue weighted by Crippen LogP contribution is -2.63. The van der Waals surface area contributed by atoms with Crippen molar-refractivity contribution in [1.29, 1.82) is 0 Å². The minimum Gasteiger partial charge on any atom is -0.497 e. The Bertz CT molecular complexity index is 1130. The fourth-order valence-corrected chi connectivity index (χ4v) is 4.37. The molecular formula is C26H29ClN2O6. The van der Waals surface area contributed by atoms with Crippen LogP contribution >= 0.6 is 11.6 Å². The van der Waals surface area contributed by atoms with E-state index in [0.29, 0.717) is 54.0 Å². The van der Waals surface area contributed by atoms with Gasteiger partial charge in [0.2, 0.25) is 5.91 Å². The molecule has 1 aliphatic rings. The number of halogens is 1. The summed E-state index contributed by atoms with van der Waals surface area (Å²) in [6, 6.07) is 10.3. The maximum absolute atomic E-state index is 13.8. The molecule has 35 heavy (non-hydrogen) atoms. The fraction of sp³-hybridized carbons (Fsp3) is 0.385. The molecule has 8 nitrogen and oxygen atoms in total. The van der Waals surface area contributed by atoms with Crippen LogP contribution in [0.15, 0.2) is 36.4 Å². The van der Waals surface area contributed by atoms with Gasteiger partial charge >= 0.3 is 5.91 Å². The Morgan fingerprint density at radius 3 is 2.37 bits per heavy atom. The number of rotatable bonds is 8. The molecule has 0 aromatic heterocycles. The van der Waals surface area contributed by atoms with Crippen molar-refractivity contribution in [1.82, 2.24) is 5.32 Å². The zero-order valence-corrected chi connectivity index (χ0v) is 21.0. The number of anilines is 1. The Morgan fingerprint density at radius 2 is 1.77 bits per heavy atom. The molecule has 1 fully saturated rings. The first-order valence-electron chi connectivity index (χ1n) is 11.1. The van der Waals surface area contributed by atoms with Gasteiger partial charge in [-0.05, 0) is 43.2 Å². The summed E-state index contributed by atoms with van der Waals surface area (Å²) < 4.78 is 21.5. The number of amides is 2. The second kappa shape index (κ2) is 11.8. The lowest BCUT2D eigenvalue weighted by molar-refractivity contribution is -0.133. The van der Waals surface area contributed by atoms with Gasteiger partial charge in [-0.15, -0.1) is 0 Å². The summed E-state index contributed by atoms with van der Waals surface area (Å²) in [5, 5.41) is 3.31. The van der Waals surface area contributed by atoms with Gasteiger partial charge in [0.25, 0.3) is 0 Å². The Kier molecular flexibility index (Phi) is 8.85. The third-order valence-corrected chi connectivity index (χ3v) is 6.23. The maximum atomic E-state index is 13.8. The molecule has 0 bridgehead atoms. The van der Waals surface area contributed by atoms with Crippen LogP contribution in [0, 0.1) is 11.8 Å². The minimum absolute atomic E-state index is 0.194. The van der Waals surface area contributed by atoms with Crippen LogP contribution in [0.1, 0.15) is 25.3 Å². The molecule has 1 heterocycles.